The van der Waals surface area contributed by atoms with Gasteiger partial charge in [-0.15, -0.1) is 0 Å². The molecule has 2 rings (SSSR count). The Morgan fingerprint density at radius 2 is 1.90 bits per heavy atom. The first kappa shape index (κ1) is 22.8. The van der Waals surface area contributed by atoms with Gasteiger partial charge in [0.05, 0.1) is 0 Å². The molecule has 0 amide bonds. The third-order valence-corrected chi connectivity index (χ3v) is 4.54. The maximum atomic E-state index is 15.1. The first-order valence-electron chi connectivity index (χ1n) is 9.86. The molecule has 29 heavy (non-hydrogen) atoms. The zero-order valence-electron chi connectivity index (χ0n) is 16.7. The van der Waals surface area contributed by atoms with E-state index in [1.807, 2.05) is 13.8 Å². The maximum Gasteiger partial charge on any atom is 0.351 e. The van der Waals surface area contributed by atoms with Crippen LogP contribution < -0.4 is 11.4 Å². The van der Waals surface area contributed by atoms with Crippen molar-refractivity contribution in [3.8, 4) is 0 Å². The molecule has 162 valence electrons. The Kier molecular flexibility index (Phi) is 8.56. The number of ether oxygens (including phenoxy) is 3. The number of carbonyl (C=O) groups is 2. The van der Waals surface area contributed by atoms with Gasteiger partial charge in [0.25, 0.3) is 0 Å². The number of esters is 2. The van der Waals surface area contributed by atoms with Gasteiger partial charge in [-0.25, -0.2) is 9.18 Å². The lowest BCUT2D eigenvalue weighted by atomic mass is 10.1. The zero-order valence-corrected chi connectivity index (χ0v) is 16.7. The molecule has 10 heteroatoms. The number of nitrogen functional groups attached to an aromatic ring is 1. The number of carbonyl (C=O) groups excluding carboxylic acids is 2. The van der Waals surface area contributed by atoms with E-state index in [-0.39, 0.29) is 25.3 Å². The quantitative estimate of drug-likeness (QED) is 0.577. The number of hydrogen-bond donors (Lipinski definition) is 1. The minimum atomic E-state index is -1.84. The number of alkyl halides is 1. The fourth-order valence-corrected chi connectivity index (χ4v) is 2.91. The van der Waals surface area contributed by atoms with E-state index in [0.29, 0.717) is 12.8 Å². The van der Waals surface area contributed by atoms with Crippen molar-refractivity contribution in [1.82, 2.24) is 9.55 Å². The summed E-state index contributed by atoms with van der Waals surface area (Å²) < 4.78 is 32.1. The lowest BCUT2D eigenvalue weighted by Crippen LogP contribution is -2.37. The summed E-state index contributed by atoms with van der Waals surface area (Å²) in [7, 11) is 0. The Hall–Kier alpha value is -2.49. The molecule has 2 heterocycles. The number of anilines is 1. The van der Waals surface area contributed by atoms with E-state index >= 15 is 4.39 Å². The van der Waals surface area contributed by atoms with Gasteiger partial charge in [-0.3, -0.25) is 14.2 Å². The van der Waals surface area contributed by atoms with Gasteiger partial charge in [0, 0.05) is 19.0 Å². The molecule has 1 aliphatic rings. The predicted molar refractivity (Wildman–Crippen MR) is 102 cm³/mol. The molecule has 1 saturated heterocycles. The van der Waals surface area contributed by atoms with Crippen molar-refractivity contribution >= 4 is 17.8 Å². The van der Waals surface area contributed by atoms with E-state index in [9.17, 15) is 14.4 Å². The van der Waals surface area contributed by atoms with Gasteiger partial charge in [-0.2, -0.15) is 4.98 Å². The van der Waals surface area contributed by atoms with Crippen molar-refractivity contribution in [2.24, 2.45) is 0 Å². The molecule has 9 nitrogen and oxygen atoms in total. The Morgan fingerprint density at radius 3 is 2.52 bits per heavy atom. The molecule has 0 aromatic carbocycles. The van der Waals surface area contributed by atoms with Gasteiger partial charge < -0.3 is 19.9 Å². The predicted octanol–water partition coefficient (Wildman–Crippen LogP) is 1.90. The standard InChI is InChI=1S/C19H28FN3O6/c1-3-5-7-14(24)27-11-12-17(29-15(25)8-6-4-2)16(20)18(28-12)23-10-9-13(21)22-19(23)26/h9-10,12,16-18H,3-8,11H2,1-2H3,(H2,21,22,26)/t12-,16-,17-,18-/m1/s1. The van der Waals surface area contributed by atoms with Crippen LogP contribution in [0.1, 0.15) is 58.6 Å². The summed E-state index contributed by atoms with van der Waals surface area (Å²) in [4.78, 5) is 39.5. The largest absolute Gasteiger partial charge is 0.463 e. The molecular weight excluding hydrogens is 385 g/mol. The minimum Gasteiger partial charge on any atom is -0.463 e. The Labute approximate surface area is 168 Å². The molecular formula is C19H28FN3O6. The van der Waals surface area contributed by atoms with Crippen LogP contribution in [0.25, 0.3) is 0 Å². The van der Waals surface area contributed by atoms with Gasteiger partial charge in [0.1, 0.15) is 18.5 Å². The highest BCUT2D eigenvalue weighted by molar-refractivity contribution is 5.70. The lowest BCUT2D eigenvalue weighted by molar-refractivity contribution is -0.159. The average molecular weight is 413 g/mol. The molecule has 0 unspecified atom stereocenters. The second-order valence-electron chi connectivity index (χ2n) is 6.90. The van der Waals surface area contributed by atoms with Crippen molar-refractivity contribution in [3.63, 3.8) is 0 Å². The van der Waals surface area contributed by atoms with E-state index < -0.39 is 42.2 Å². The molecule has 2 N–H and O–H groups in total. The molecule has 1 aromatic rings. The second kappa shape index (κ2) is 10.9. The van der Waals surface area contributed by atoms with Crippen LogP contribution in [0.2, 0.25) is 0 Å². The molecule has 1 fully saturated rings. The highest BCUT2D eigenvalue weighted by atomic mass is 19.1. The van der Waals surface area contributed by atoms with Crippen LogP contribution in [0.5, 0.6) is 0 Å². The maximum absolute atomic E-state index is 15.1. The Morgan fingerprint density at radius 1 is 1.24 bits per heavy atom. The van der Waals surface area contributed by atoms with Crippen molar-refractivity contribution in [1.29, 1.82) is 0 Å². The summed E-state index contributed by atoms with van der Waals surface area (Å²) in [6, 6.07) is 1.33. The van der Waals surface area contributed by atoms with Gasteiger partial charge in [-0.05, 0) is 18.9 Å². The normalized spacial score (nSPS) is 23.7. The molecule has 4 atom stereocenters. The average Bonchev–Trinajstić information content (AvgIpc) is 2.98. The first-order chi connectivity index (χ1) is 13.9. The van der Waals surface area contributed by atoms with Gasteiger partial charge in [0.2, 0.25) is 0 Å². The number of halogens is 1. The van der Waals surface area contributed by atoms with E-state index in [1.165, 1.54) is 12.3 Å². The molecule has 1 aliphatic heterocycles. The van der Waals surface area contributed by atoms with E-state index in [0.717, 1.165) is 17.4 Å². The highest BCUT2D eigenvalue weighted by Gasteiger charge is 2.49. The number of aromatic nitrogens is 2. The summed E-state index contributed by atoms with van der Waals surface area (Å²) in [6.45, 7) is 3.57. The summed E-state index contributed by atoms with van der Waals surface area (Å²) in [5, 5.41) is 0. The lowest BCUT2D eigenvalue weighted by Gasteiger charge is -2.19. The number of rotatable bonds is 10. The molecule has 1 aromatic heterocycles. The van der Waals surface area contributed by atoms with E-state index in [4.69, 9.17) is 19.9 Å². The fourth-order valence-electron chi connectivity index (χ4n) is 2.91. The summed E-state index contributed by atoms with van der Waals surface area (Å²) in [5.74, 6) is -1.03. The number of nitrogens with two attached hydrogens (primary N) is 1. The number of unbranched alkanes of at least 4 members (excludes halogenated alkanes) is 2. The van der Waals surface area contributed by atoms with Gasteiger partial charge in [-0.1, -0.05) is 26.7 Å². The molecule has 0 spiro atoms. The Bertz CT molecular complexity index is 756. The van der Waals surface area contributed by atoms with Gasteiger partial charge >= 0.3 is 17.6 Å². The van der Waals surface area contributed by atoms with Crippen LogP contribution in [0.4, 0.5) is 10.2 Å². The van der Waals surface area contributed by atoms with Crippen molar-refractivity contribution < 1.29 is 28.2 Å². The third-order valence-electron chi connectivity index (χ3n) is 4.54. The molecule has 0 radical (unpaired) electrons. The topological polar surface area (TPSA) is 123 Å². The van der Waals surface area contributed by atoms with Crippen molar-refractivity contribution in [2.75, 3.05) is 12.3 Å². The zero-order chi connectivity index (χ0) is 21.4. The van der Waals surface area contributed by atoms with Crippen LogP contribution >= 0.6 is 0 Å². The summed E-state index contributed by atoms with van der Waals surface area (Å²) in [5.41, 5.74) is 4.67. The highest BCUT2D eigenvalue weighted by Crippen LogP contribution is 2.33. The second-order valence-corrected chi connectivity index (χ2v) is 6.90. The van der Waals surface area contributed by atoms with Gasteiger partial charge in [0.15, 0.2) is 18.5 Å². The third kappa shape index (κ3) is 6.25. The smallest absolute Gasteiger partial charge is 0.351 e. The van der Waals surface area contributed by atoms with Crippen LogP contribution in [0.15, 0.2) is 17.1 Å². The molecule has 0 aliphatic carbocycles. The van der Waals surface area contributed by atoms with Crippen molar-refractivity contribution in [2.45, 2.75) is 77.0 Å². The van der Waals surface area contributed by atoms with Crippen LogP contribution in [0, 0.1) is 0 Å². The van der Waals surface area contributed by atoms with Crippen LogP contribution in [-0.2, 0) is 23.8 Å². The summed E-state index contributed by atoms with van der Waals surface area (Å²) >= 11 is 0. The van der Waals surface area contributed by atoms with Crippen molar-refractivity contribution in [3.05, 3.63) is 22.7 Å². The van der Waals surface area contributed by atoms with E-state index in [1.54, 1.807) is 0 Å². The fraction of sp³-hybridized carbons (Fsp3) is 0.684. The van der Waals surface area contributed by atoms with Crippen LogP contribution in [-0.4, -0.2) is 46.5 Å². The monoisotopic (exact) mass is 413 g/mol. The Balaban J connectivity index is 2.14. The first-order valence-corrected chi connectivity index (χ1v) is 9.86. The summed E-state index contributed by atoms with van der Waals surface area (Å²) in [6.07, 6.45) is -1.08. The molecule has 0 bridgehead atoms. The minimum absolute atomic E-state index is 0.0106. The van der Waals surface area contributed by atoms with E-state index in [2.05, 4.69) is 4.98 Å². The number of hydrogen-bond acceptors (Lipinski definition) is 8. The molecule has 0 saturated carbocycles. The number of nitrogens with zero attached hydrogens (tertiary/aromatic N) is 2. The SMILES string of the molecule is CCCCC(=O)OC[C@H]1O[C@@H](n2ccc(N)nc2=O)[C@H](F)[C@@H]1OC(=O)CCCC. The van der Waals surface area contributed by atoms with Crippen LogP contribution in [0.3, 0.4) is 0 Å².